The highest BCUT2D eigenvalue weighted by Gasteiger charge is 2.12. The van der Waals surface area contributed by atoms with Crippen molar-refractivity contribution in [3.8, 4) is 11.5 Å². The minimum Gasteiger partial charge on any atom is -0.498 e. The summed E-state index contributed by atoms with van der Waals surface area (Å²) in [6.07, 6.45) is 3.15. The van der Waals surface area contributed by atoms with Crippen LogP contribution < -0.4 is 15.0 Å². The van der Waals surface area contributed by atoms with E-state index in [2.05, 4.69) is 10.4 Å². The fourth-order valence-electron chi connectivity index (χ4n) is 2.02. The number of benzene rings is 1. The van der Waals surface area contributed by atoms with Crippen molar-refractivity contribution in [2.24, 2.45) is 0 Å². The first-order valence-corrected chi connectivity index (χ1v) is 11.2. The first-order chi connectivity index (χ1) is 14.5. The van der Waals surface area contributed by atoms with Gasteiger partial charge in [-0.25, -0.2) is 0 Å². The zero-order valence-electron chi connectivity index (χ0n) is 18.4. The molecule has 0 amide bonds. The molecule has 0 saturated carbocycles. The summed E-state index contributed by atoms with van der Waals surface area (Å²) >= 11 is 23.6. The van der Waals surface area contributed by atoms with Crippen molar-refractivity contribution < 1.29 is 19.0 Å². The van der Waals surface area contributed by atoms with Gasteiger partial charge in [0.25, 0.3) is 0 Å². The van der Waals surface area contributed by atoms with Crippen molar-refractivity contribution in [2.45, 2.75) is 33.3 Å². The molecule has 1 aromatic carbocycles. The quantitative estimate of drug-likeness (QED) is 0.192. The van der Waals surface area contributed by atoms with Crippen LogP contribution in [0.2, 0.25) is 10.0 Å². The molecule has 0 radical (unpaired) electrons. The SMILES string of the molecule is CC(=COCCN(C)CCOc1c(Cl)cc(OCC=C(Cl)Cl)cc1Cl)NOC(C)(C)C. The number of allylic oxidation sites excluding steroid dienone is 1. The molecule has 0 atom stereocenters. The summed E-state index contributed by atoms with van der Waals surface area (Å²) in [7, 11) is 1.97. The fraction of sp³-hybridized carbons (Fsp3) is 0.524. The van der Waals surface area contributed by atoms with E-state index in [1.54, 1.807) is 18.4 Å². The monoisotopic (exact) mass is 514 g/mol. The Morgan fingerprint density at radius 3 is 2.26 bits per heavy atom. The number of hydroxylamine groups is 1. The van der Waals surface area contributed by atoms with Crippen LogP contribution in [0.5, 0.6) is 11.5 Å². The minimum absolute atomic E-state index is 0.129. The Labute approximate surface area is 204 Å². The highest BCUT2D eigenvalue weighted by molar-refractivity contribution is 6.55. The van der Waals surface area contributed by atoms with E-state index in [1.165, 1.54) is 6.08 Å². The lowest BCUT2D eigenvalue weighted by Crippen LogP contribution is -2.28. The predicted molar refractivity (Wildman–Crippen MR) is 128 cm³/mol. The van der Waals surface area contributed by atoms with Crippen LogP contribution in [0.4, 0.5) is 0 Å². The largest absolute Gasteiger partial charge is 0.498 e. The molecule has 0 fully saturated rings. The lowest BCUT2D eigenvalue weighted by Gasteiger charge is -2.20. The molecular formula is C21H30Cl4N2O4. The number of rotatable bonds is 13. The molecule has 0 aromatic heterocycles. The molecule has 0 spiro atoms. The molecule has 0 unspecified atom stereocenters. The first-order valence-electron chi connectivity index (χ1n) is 9.64. The molecule has 0 aliphatic rings. The zero-order chi connectivity index (χ0) is 23.4. The molecule has 0 heterocycles. The van der Waals surface area contributed by atoms with Gasteiger partial charge >= 0.3 is 0 Å². The van der Waals surface area contributed by atoms with Crippen molar-refractivity contribution in [2.75, 3.05) is 40.0 Å². The van der Waals surface area contributed by atoms with Crippen LogP contribution in [-0.2, 0) is 9.57 Å². The Morgan fingerprint density at radius 2 is 1.68 bits per heavy atom. The van der Waals surface area contributed by atoms with E-state index < -0.39 is 0 Å². The van der Waals surface area contributed by atoms with Gasteiger partial charge < -0.3 is 14.2 Å². The van der Waals surface area contributed by atoms with E-state index >= 15 is 0 Å². The standard InChI is InChI=1S/C21H30Cl4N2O4/c1-15(26-31-21(2,3)4)14-28-10-7-27(5)8-11-30-20-17(22)12-16(13-18(20)23)29-9-6-19(24)25/h6,12-14,26H,7-11H2,1-5H3. The number of nitrogens with one attached hydrogen (secondary N) is 1. The van der Waals surface area contributed by atoms with Gasteiger partial charge in [0.2, 0.25) is 0 Å². The second kappa shape index (κ2) is 14.2. The predicted octanol–water partition coefficient (Wildman–Crippen LogP) is 6.20. The summed E-state index contributed by atoms with van der Waals surface area (Å²) in [5.41, 5.74) is 3.37. The third-order valence-corrected chi connectivity index (χ3v) is 4.42. The Balaban J connectivity index is 2.35. The molecule has 176 valence electrons. The molecule has 0 aliphatic heterocycles. The molecule has 10 heteroatoms. The van der Waals surface area contributed by atoms with Crippen molar-refractivity contribution in [1.82, 2.24) is 10.4 Å². The summed E-state index contributed by atoms with van der Waals surface area (Å²) in [5.74, 6) is 0.905. The normalized spacial score (nSPS) is 12.0. The Morgan fingerprint density at radius 1 is 1.06 bits per heavy atom. The topological polar surface area (TPSA) is 52.2 Å². The summed E-state index contributed by atoms with van der Waals surface area (Å²) in [5, 5.41) is 0.722. The smallest absolute Gasteiger partial charge is 0.156 e. The van der Waals surface area contributed by atoms with Crippen LogP contribution in [-0.4, -0.2) is 50.5 Å². The molecule has 6 nitrogen and oxygen atoms in total. The number of likely N-dealkylation sites (N-methyl/N-ethyl adjacent to an activating group) is 1. The second-order valence-corrected chi connectivity index (χ2v) is 9.48. The summed E-state index contributed by atoms with van der Waals surface area (Å²) in [4.78, 5) is 7.53. The van der Waals surface area contributed by atoms with E-state index in [-0.39, 0.29) is 16.7 Å². The highest BCUT2D eigenvalue weighted by atomic mass is 35.5. The number of ether oxygens (including phenoxy) is 3. The van der Waals surface area contributed by atoms with Gasteiger partial charge in [-0.05, 0) is 40.8 Å². The lowest BCUT2D eigenvalue weighted by molar-refractivity contribution is -0.0589. The van der Waals surface area contributed by atoms with Crippen molar-refractivity contribution in [3.05, 3.63) is 44.7 Å². The maximum atomic E-state index is 6.26. The van der Waals surface area contributed by atoms with Gasteiger partial charge in [-0.1, -0.05) is 46.4 Å². The van der Waals surface area contributed by atoms with Crippen LogP contribution in [0.3, 0.4) is 0 Å². The number of nitrogens with zero attached hydrogens (tertiary/aromatic N) is 1. The molecule has 1 N–H and O–H groups in total. The van der Waals surface area contributed by atoms with Gasteiger partial charge in [0.15, 0.2) is 5.75 Å². The Kier molecular flexibility index (Phi) is 12.8. The van der Waals surface area contributed by atoms with Crippen LogP contribution in [0.15, 0.2) is 34.7 Å². The third kappa shape index (κ3) is 13.2. The van der Waals surface area contributed by atoms with Gasteiger partial charge in [0, 0.05) is 25.2 Å². The molecule has 1 aromatic rings. The maximum absolute atomic E-state index is 6.26. The molecule has 0 aliphatic carbocycles. The van der Waals surface area contributed by atoms with Crippen molar-refractivity contribution in [1.29, 1.82) is 0 Å². The summed E-state index contributed by atoms with van der Waals surface area (Å²) < 4.78 is 16.9. The average Bonchev–Trinajstić information content (AvgIpc) is 2.65. The number of hydrogen-bond acceptors (Lipinski definition) is 6. The summed E-state index contributed by atoms with van der Waals surface area (Å²) in [6.45, 7) is 10.3. The van der Waals surface area contributed by atoms with Gasteiger partial charge in [-0.2, -0.15) is 0 Å². The number of hydrogen-bond donors (Lipinski definition) is 1. The van der Waals surface area contributed by atoms with Gasteiger partial charge in [-0.3, -0.25) is 15.2 Å². The Bertz CT molecular complexity index is 724. The van der Waals surface area contributed by atoms with Crippen LogP contribution in [0.1, 0.15) is 27.7 Å². The van der Waals surface area contributed by atoms with Crippen molar-refractivity contribution in [3.63, 3.8) is 0 Å². The van der Waals surface area contributed by atoms with E-state index in [4.69, 9.17) is 65.5 Å². The first kappa shape index (κ1) is 28.0. The Hall–Kier alpha value is -1.02. The van der Waals surface area contributed by atoms with E-state index in [9.17, 15) is 0 Å². The van der Waals surface area contributed by atoms with Gasteiger partial charge in [-0.15, -0.1) is 0 Å². The van der Waals surface area contributed by atoms with E-state index in [0.29, 0.717) is 41.3 Å². The van der Waals surface area contributed by atoms with Gasteiger partial charge in [0.1, 0.15) is 36.3 Å². The van der Waals surface area contributed by atoms with Crippen LogP contribution in [0.25, 0.3) is 0 Å². The van der Waals surface area contributed by atoms with E-state index in [0.717, 1.165) is 12.2 Å². The van der Waals surface area contributed by atoms with Gasteiger partial charge in [0.05, 0.1) is 21.3 Å². The maximum Gasteiger partial charge on any atom is 0.156 e. The fourth-order valence-corrected chi connectivity index (χ4v) is 2.73. The van der Waals surface area contributed by atoms with Crippen molar-refractivity contribution >= 4 is 46.4 Å². The van der Waals surface area contributed by atoms with Crippen LogP contribution >= 0.6 is 46.4 Å². The minimum atomic E-state index is -0.273. The van der Waals surface area contributed by atoms with E-state index in [1.807, 2.05) is 34.7 Å². The molecule has 0 bridgehead atoms. The lowest BCUT2D eigenvalue weighted by atomic mass is 10.2. The number of halogens is 4. The zero-order valence-corrected chi connectivity index (χ0v) is 21.5. The molecule has 1 rings (SSSR count). The summed E-state index contributed by atoms with van der Waals surface area (Å²) in [6, 6.07) is 3.25. The average molecular weight is 516 g/mol. The highest BCUT2D eigenvalue weighted by Crippen LogP contribution is 2.37. The molecule has 31 heavy (non-hydrogen) atoms. The second-order valence-electron chi connectivity index (χ2n) is 7.66. The van der Waals surface area contributed by atoms with Crippen LogP contribution in [0, 0.1) is 0 Å². The molecule has 0 saturated heterocycles. The third-order valence-electron chi connectivity index (χ3n) is 3.55. The molecular weight excluding hydrogens is 486 g/mol.